The highest BCUT2D eigenvalue weighted by atomic mass is 16.3. The number of fused-ring (bicyclic) bond motifs is 1. The van der Waals surface area contributed by atoms with Crippen LogP contribution in [-0.4, -0.2) is 27.7 Å². The van der Waals surface area contributed by atoms with Crippen molar-refractivity contribution in [3.8, 4) is 0 Å². The molecule has 2 heterocycles. The number of H-pyrrole nitrogens is 1. The molecule has 0 atom stereocenters. The van der Waals surface area contributed by atoms with Crippen molar-refractivity contribution in [3.05, 3.63) is 53.9 Å². The molecule has 0 radical (unpaired) electrons. The number of aryl methyl sites for hydroxylation is 1. The van der Waals surface area contributed by atoms with Crippen LogP contribution >= 0.6 is 0 Å². The Labute approximate surface area is 151 Å². The standard InChI is InChI=1S/C20H21N3O3/c1-12-17(15-4-2-3-5-16(15)22-12)19(25)23-14-8-6-13(7-9-14)18(24)20-21-10-11-26-20/h2-5,10-11,13-14,22H,6-9H2,1H3,(H,23,25). The number of para-hydroxylation sites is 1. The lowest BCUT2D eigenvalue weighted by Crippen LogP contribution is -2.39. The quantitative estimate of drug-likeness (QED) is 0.703. The monoisotopic (exact) mass is 351 g/mol. The number of nitrogens with one attached hydrogen (secondary N) is 2. The molecule has 26 heavy (non-hydrogen) atoms. The Morgan fingerprint density at radius 2 is 1.96 bits per heavy atom. The number of amides is 1. The van der Waals surface area contributed by atoms with E-state index >= 15 is 0 Å². The van der Waals surface area contributed by atoms with Crippen LogP contribution in [0.3, 0.4) is 0 Å². The Morgan fingerprint density at radius 3 is 2.69 bits per heavy atom. The first kappa shape index (κ1) is 16.6. The molecule has 1 aromatic carbocycles. The fourth-order valence-corrected chi connectivity index (χ4v) is 3.85. The number of nitrogens with zero attached hydrogens (tertiary/aromatic N) is 1. The largest absolute Gasteiger partial charge is 0.442 e. The molecule has 2 aromatic heterocycles. The summed E-state index contributed by atoms with van der Waals surface area (Å²) in [6, 6.07) is 7.90. The summed E-state index contributed by atoms with van der Waals surface area (Å²) in [5, 5.41) is 4.08. The summed E-state index contributed by atoms with van der Waals surface area (Å²) >= 11 is 0. The second kappa shape index (κ2) is 6.78. The fourth-order valence-electron chi connectivity index (χ4n) is 3.85. The minimum Gasteiger partial charge on any atom is -0.442 e. The van der Waals surface area contributed by atoms with E-state index in [4.69, 9.17) is 4.42 Å². The van der Waals surface area contributed by atoms with Gasteiger partial charge >= 0.3 is 0 Å². The van der Waals surface area contributed by atoms with Gasteiger partial charge in [-0.1, -0.05) is 18.2 Å². The van der Waals surface area contributed by atoms with E-state index in [2.05, 4.69) is 15.3 Å². The van der Waals surface area contributed by atoms with Crippen LogP contribution in [0.15, 0.2) is 41.1 Å². The molecule has 1 fully saturated rings. The van der Waals surface area contributed by atoms with Crippen LogP contribution in [0.5, 0.6) is 0 Å². The second-order valence-electron chi connectivity index (χ2n) is 6.89. The van der Waals surface area contributed by atoms with Crippen molar-refractivity contribution < 1.29 is 14.0 Å². The lowest BCUT2D eigenvalue weighted by atomic mass is 9.83. The van der Waals surface area contributed by atoms with E-state index in [9.17, 15) is 9.59 Å². The molecule has 4 rings (SSSR count). The zero-order chi connectivity index (χ0) is 18.1. The lowest BCUT2D eigenvalue weighted by Gasteiger charge is -2.27. The number of hydrogen-bond donors (Lipinski definition) is 2. The molecule has 1 aliphatic rings. The summed E-state index contributed by atoms with van der Waals surface area (Å²) in [6.07, 6.45) is 5.94. The number of aromatic amines is 1. The maximum absolute atomic E-state index is 12.8. The third-order valence-corrected chi connectivity index (χ3v) is 5.20. The molecule has 0 unspecified atom stereocenters. The molecule has 0 aliphatic heterocycles. The summed E-state index contributed by atoms with van der Waals surface area (Å²) < 4.78 is 5.11. The number of aromatic nitrogens is 2. The molecule has 1 saturated carbocycles. The predicted molar refractivity (Wildman–Crippen MR) is 97.1 cm³/mol. The minimum atomic E-state index is -0.0726. The van der Waals surface area contributed by atoms with E-state index < -0.39 is 0 Å². The summed E-state index contributed by atoms with van der Waals surface area (Å²) in [7, 11) is 0. The van der Waals surface area contributed by atoms with Gasteiger partial charge in [-0.15, -0.1) is 0 Å². The van der Waals surface area contributed by atoms with Crippen molar-refractivity contribution in [3.63, 3.8) is 0 Å². The Kier molecular flexibility index (Phi) is 4.32. The maximum Gasteiger partial charge on any atom is 0.263 e. The smallest absolute Gasteiger partial charge is 0.263 e. The number of carbonyl (C=O) groups excluding carboxylic acids is 2. The second-order valence-corrected chi connectivity index (χ2v) is 6.89. The van der Waals surface area contributed by atoms with Crippen molar-refractivity contribution in [1.29, 1.82) is 0 Å². The highest BCUT2D eigenvalue weighted by Crippen LogP contribution is 2.28. The van der Waals surface area contributed by atoms with Gasteiger partial charge in [0.15, 0.2) is 0 Å². The highest BCUT2D eigenvalue weighted by molar-refractivity contribution is 6.08. The van der Waals surface area contributed by atoms with Crippen molar-refractivity contribution in [2.24, 2.45) is 5.92 Å². The van der Waals surface area contributed by atoms with Gasteiger partial charge in [-0.25, -0.2) is 4.98 Å². The number of carbonyl (C=O) groups is 2. The number of hydrogen-bond acceptors (Lipinski definition) is 4. The first-order chi connectivity index (χ1) is 12.6. The first-order valence-corrected chi connectivity index (χ1v) is 8.95. The van der Waals surface area contributed by atoms with Crippen molar-refractivity contribution in [2.75, 3.05) is 0 Å². The van der Waals surface area contributed by atoms with Crippen molar-refractivity contribution >= 4 is 22.6 Å². The molecule has 0 saturated heterocycles. The van der Waals surface area contributed by atoms with Crippen LogP contribution in [0.2, 0.25) is 0 Å². The number of benzene rings is 1. The van der Waals surface area contributed by atoms with Crippen molar-refractivity contribution in [2.45, 2.75) is 38.6 Å². The molecule has 1 aliphatic carbocycles. The summed E-state index contributed by atoms with van der Waals surface area (Å²) in [4.78, 5) is 32.3. The number of rotatable bonds is 4. The van der Waals surface area contributed by atoms with E-state index in [0.717, 1.165) is 42.3 Å². The zero-order valence-corrected chi connectivity index (χ0v) is 14.6. The number of ketones is 1. The topological polar surface area (TPSA) is 88.0 Å². The highest BCUT2D eigenvalue weighted by Gasteiger charge is 2.30. The van der Waals surface area contributed by atoms with Gasteiger partial charge in [0.1, 0.15) is 6.26 Å². The van der Waals surface area contributed by atoms with E-state index in [0.29, 0.717) is 5.56 Å². The molecule has 3 aromatic rings. The Hall–Kier alpha value is -2.89. The Bertz CT molecular complexity index is 935. The molecular formula is C20H21N3O3. The van der Waals surface area contributed by atoms with E-state index in [1.54, 1.807) is 0 Å². The molecule has 2 N–H and O–H groups in total. The molecule has 6 nitrogen and oxygen atoms in total. The van der Waals surface area contributed by atoms with Crippen LogP contribution in [0.4, 0.5) is 0 Å². The van der Waals surface area contributed by atoms with Crippen LogP contribution in [-0.2, 0) is 0 Å². The third-order valence-electron chi connectivity index (χ3n) is 5.20. The van der Waals surface area contributed by atoms with Gasteiger partial charge in [-0.3, -0.25) is 9.59 Å². The van der Waals surface area contributed by atoms with Gasteiger partial charge in [0.05, 0.1) is 11.8 Å². The molecule has 0 spiro atoms. The molecule has 6 heteroatoms. The maximum atomic E-state index is 12.8. The average Bonchev–Trinajstić information content (AvgIpc) is 3.28. The van der Waals surface area contributed by atoms with Crippen molar-refractivity contribution in [1.82, 2.24) is 15.3 Å². The average molecular weight is 351 g/mol. The van der Waals surface area contributed by atoms with Gasteiger partial charge in [-0.05, 0) is 38.7 Å². The SMILES string of the molecule is Cc1[nH]c2ccccc2c1C(=O)NC1CCC(C(=O)c2ncco2)CC1. The summed E-state index contributed by atoms with van der Waals surface area (Å²) in [5.74, 6) is 0.0261. The van der Waals surface area contributed by atoms with Gasteiger partial charge < -0.3 is 14.7 Å². The normalized spacial score (nSPS) is 20.2. The third kappa shape index (κ3) is 3.03. The van der Waals surface area contributed by atoms with Gasteiger partial charge in [0, 0.05) is 28.6 Å². The summed E-state index contributed by atoms with van der Waals surface area (Å²) in [5.41, 5.74) is 2.55. The number of oxazole rings is 1. The zero-order valence-electron chi connectivity index (χ0n) is 14.6. The van der Waals surface area contributed by atoms with Crippen LogP contribution in [0.1, 0.15) is 52.4 Å². The molecule has 0 bridgehead atoms. The Morgan fingerprint density at radius 1 is 1.19 bits per heavy atom. The first-order valence-electron chi connectivity index (χ1n) is 8.95. The Balaban J connectivity index is 1.40. The van der Waals surface area contributed by atoms with E-state index in [-0.39, 0.29) is 29.5 Å². The van der Waals surface area contributed by atoms with Crippen LogP contribution in [0.25, 0.3) is 10.9 Å². The van der Waals surface area contributed by atoms with E-state index in [1.165, 1.54) is 12.5 Å². The van der Waals surface area contributed by atoms with Gasteiger partial charge in [0.2, 0.25) is 5.78 Å². The number of Topliss-reactive ketones (excluding diaryl/α,β-unsaturated/α-hetero) is 1. The molecule has 1 amide bonds. The molecule has 134 valence electrons. The van der Waals surface area contributed by atoms with E-state index in [1.807, 2.05) is 31.2 Å². The fraction of sp³-hybridized carbons (Fsp3) is 0.350. The minimum absolute atomic E-state index is 0.0350. The lowest BCUT2D eigenvalue weighted by molar-refractivity contribution is 0.0832. The van der Waals surface area contributed by atoms with Gasteiger partial charge in [-0.2, -0.15) is 0 Å². The summed E-state index contributed by atoms with van der Waals surface area (Å²) in [6.45, 7) is 1.92. The predicted octanol–water partition coefficient (Wildman–Crippen LogP) is 3.64. The molecular weight excluding hydrogens is 330 g/mol. The van der Waals surface area contributed by atoms with Crippen LogP contribution in [0, 0.1) is 12.8 Å². The van der Waals surface area contributed by atoms with Gasteiger partial charge in [0.25, 0.3) is 11.8 Å². The van der Waals surface area contributed by atoms with Crippen LogP contribution < -0.4 is 5.32 Å².